The summed E-state index contributed by atoms with van der Waals surface area (Å²) in [6, 6.07) is 16.7. The molecule has 4 unspecified atom stereocenters. The largest absolute Gasteiger partial charge is 0.481 e. The Bertz CT molecular complexity index is 1290. The number of hydrogen-bond donors (Lipinski definition) is 3. The number of ether oxygens (including phenoxy) is 1. The van der Waals surface area contributed by atoms with Crippen molar-refractivity contribution in [3.05, 3.63) is 72.3 Å². The molecule has 42 heavy (non-hydrogen) atoms. The molecule has 0 saturated heterocycles. The second-order valence-corrected chi connectivity index (χ2v) is 14.2. The van der Waals surface area contributed by atoms with Gasteiger partial charge in [-0.05, 0) is 118 Å². The number of esters is 1. The minimum Gasteiger partial charge on any atom is -0.481 e. The highest BCUT2D eigenvalue weighted by Crippen LogP contribution is 2.62. The topological polar surface area (TPSA) is 104 Å². The molecule has 5 fully saturated rings. The summed E-state index contributed by atoms with van der Waals surface area (Å²) < 4.78 is 6.00. The molecule has 2 aromatic carbocycles. The van der Waals surface area contributed by atoms with E-state index in [1.165, 1.54) is 38.5 Å². The SMILES string of the molecule is CC(O)(C=CC1CCC(O)C1(CC(=O)O)OC(=O)c1cccc(-c2ccccc2)c1)CCC12CC3CC(CC(C3)C1)C2. The molecular formula is C36H44O6. The van der Waals surface area contributed by atoms with Gasteiger partial charge in [-0.15, -0.1) is 0 Å². The summed E-state index contributed by atoms with van der Waals surface area (Å²) in [6.45, 7) is 1.81. The van der Waals surface area contributed by atoms with Crippen LogP contribution in [0.1, 0.15) is 87.9 Å². The van der Waals surface area contributed by atoms with Gasteiger partial charge in [-0.3, -0.25) is 4.79 Å². The van der Waals surface area contributed by atoms with E-state index in [-0.39, 0.29) is 0 Å². The first kappa shape index (κ1) is 29.1. The fourth-order valence-electron chi connectivity index (χ4n) is 9.21. The molecule has 5 saturated carbocycles. The predicted molar refractivity (Wildman–Crippen MR) is 161 cm³/mol. The Kier molecular flexibility index (Phi) is 7.82. The zero-order chi connectivity index (χ0) is 29.5. The van der Waals surface area contributed by atoms with E-state index in [4.69, 9.17) is 4.74 Å². The van der Waals surface area contributed by atoms with Gasteiger partial charge in [-0.2, -0.15) is 0 Å². The molecule has 4 bridgehead atoms. The average molecular weight is 573 g/mol. The van der Waals surface area contributed by atoms with Gasteiger partial charge in [0.05, 0.1) is 23.7 Å². The lowest BCUT2D eigenvalue weighted by atomic mass is 9.48. The first-order valence-corrected chi connectivity index (χ1v) is 15.8. The molecule has 6 nitrogen and oxygen atoms in total. The van der Waals surface area contributed by atoms with Crippen LogP contribution in [0.5, 0.6) is 0 Å². The average Bonchev–Trinajstić information content (AvgIpc) is 3.24. The van der Waals surface area contributed by atoms with Gasteiger partial charge in [0, 0.05) is 5.92 Å². The third-order valence-electron chi connectivity index (χ3n) is 10.9. The van der Waals surface area contributed by atoms with Crippen molar-refractivity contribution in [2.45, 2.75) is 94.9 Å². The summed E-state index contributed by atoms with van der Waals surface area (Å²) in [5, 5.41) is 32.3. The highest BCUT2D eigenvalue weighted by molar-refractivity contribution is 5.91. The van der Waals surface area contributed by atoms with Crippen molar-refractivity contribution in [2.24, 2.45) is 29.1 Å². The Morgan fingerprint density at radius 1 is 0.952 bits per heavy atom. The number of hydrogen-bond acceptors (Lipinski definition) is 5. The van der Waals surface area contributed by atoms with E-state index in [1.807, 2.05) is 43.3 Å². The molecule has 2 aromatic rings. The highest BCUT2D eigenvalue weighted by atomic mass is 16.6. The highest BCUT2D eigenvalue weighted by Gasteiger charge is 2.54. The molecule has 5 aliphatic rings. The van der Waals surface area contributed by atoms with Crippen LogP contribution in [0.4, 0.5) is 0 Å². The maximum absolute atomic E-state index is 13.5. The first-order chi connectivity index (χ1) is 20.0. The summed E-state index contributed by atoms with van der Waals surface area (Å²) in [6.07, 6.45) is 12.4. The van der Waals surface area contributed by atoms with Crippen molar-refractivity contribution in [2.75, 3.05) is 0 Å². The number of aliphatic hydroxyl groups is 2. The van der Waals surface area contributed by atoms with Gasteiger partial charge in [0.2, 0.25) is 0 Å². The molecule has 0 aliphatic heterocycles. The van der Waals surface area contributed by atoms with Crippen LogP contribution in [-0.2, 0) is 9.53 Å². The molecule has 5 aliphatic carbocycles. The van der Waals surface area contributed by atoms with E-state index < -0.39 is 41.6 Å². The second kappa shape index (κ2) is 11.3. The summed E-state index contributed by atoms with van der Waals surface area (Å²) in [4.78, 5) is 25.5. The summed E-state index contributed by atoms with van der Waals surface area (Å²) in [5.74, 6) is 0.232. The van der Waals surface area contributed by atoms with Crippen molar-refractivity contribution in [1.82, 2.24) is 0 Å². The number of carbonyl (C=O) groups excluding carboxylic acids is 1. The quantitative estimate of drug-likeness (QED) is 0.214. The summed E-state index contributed by atoms with van der Waals surface area (Å²) >= 11 is 0. The molecular weight excluding hydrogens is 528 g/mol. The van der Waals surface area contributed by atoms with E-state index in [2.05, 4.69) is 0 Å². The number of benzene rings is 2. The minimum atomic E-state index is -1.61. The number of rotatable bonds is 10. The van der Waals surface area contributed by atoms with E-state index >= 15 is 0 Å². The van der Waals surface area contributed by atoms with E-state index in [1.54, 1.807) is 30.4 Å². The van der Waals surface area contributed by atoms with Crippen LogP contribution < -0.4 is 0 Å². The lowest BCUT2D eigenvalue weighted by Gasteiger charge is -2.57. The Morgan fingerprint density at radius 2 is 1.60 bits per heavy atom. The molecule has 0 amide bonds. The van der Waals surface area contributed by atoms with Gasteiger partial charge in [-0.25, -0.2) is 4.79 Å². The van der Waals surface area contributed by atoms with Crippen LogP contribution >= 0.6 is 0 Å². The smallest absolute Gasteiger partial charge is 0.338 e. The van der Waals surface area contributed by atoms with Gasteiger partial charge in [0.15, 0.2) is 5.60 Å². The lowest BCUT2D eigenvalue weighted by Crippen LogP contribution is -2.49. The number of carboxylic acid groups (broad SMARTS) is 1. The maximum atomic E-state index is 13.5. The zero-order valence-corrected chi connectivity index (χ0v) is 24.6. The van der Waals surface area contributed by atoms with Crippen LogP contribution in [0.25, 0.3) is 11.1 Å². The third kappa shape index (κ3) is 5.93. The van der Waals surface area contributed by atoms with Crippen LogP contribution in [0, 0.1) is 29.1 Å². The van der Waals surface area contributed by atoms with Gasteiger partial charge in [-0.1, -0.05) is 54.6 Å². The molecule has 6 heteroatoms. The fourth-order valence-corrected chi connectivity index (χ4v) is 9.21. The molecule has 4 atom stereocenters. The number of carboxylic acids is 1. The summed E-state index contributed by atoms with van der Waals surface area (Å²) in [7, 11) is 0. The Hall–Kier alpha value is -2.96. The molecule has 3 N–H and O–H groups in total. The van der Waals surface area contributed by atoms with Crippen LogP contribution in [0.15, 0.2) is 66.7 Å². The monoisotopic (exact) mass is 572 g/mol. The second-order valence-electron chi connectivity index (χ2n) is 14.2. The van der Waals surface area contributed by atoms with Crippen LogP contribution in [0.2, 0.25) is 0 Å². The van der Waals surface area contributed by atoms with Gasteiger partial charge < -0.3 is 20.1 Å². The van der Waals surface area contributed by atoms with Crippen molar-refractivity contribution >= 4 is 11.9 Å². The minimum absolute atomic E-state index is 0.297. The standard InChI is InChI=1S/C36H44O6/c1-34(41,14-15-35-20-24-16-25(21-35)18-26(17-24)22-35)13-12-30-10-11-31(37)36(30,23-32(38)39)42-33(40)29-9-5-8-28(19-29)27-6-3-2-4-7-27/h2-9,12-13,19,24-26,30-31,37,41H,10-11,14-18,20-23H2,1H3,(H,38,39). The van der Waals surface area contributed by atoms with E-state index in [0.29, 0.717) is 30.2 Å². The van der Waals surface area contributed by atoms with Gasteiger partial charge in [0.25, 0.3) is 0 Å². The van der Waals surface area contributed by atoms with Gasteiger partial charge >= 0.3 is 11.9 Å². The molecule has 0 radical (unpaired) electrons. The summed E-state index contributed by atoms with van der Waals surface area (Å²) in [5.41, 5.74) is -0.239. The third-order valence-corrected chi connectivity index (χ3v) is 10.9. The Morgan fingerprint density at radius 3 is 2.24 bits per heavy atom. The van der Waals surface area contributed by atoms with Crippen molar-refractivity contribution < 1.29 is 29.6 Å². The van der Waals surface area contributed by atoms with E-state index in [0.717, 1.165) is 35.3 Å². The fraction of sp³-hybridized carbons (Fsp3) is 0.556. The molecule has 0 spiro atoms. The number of carbonyl (C=O) groups is 2. The first-order valence-electron chi connectivity index (χ1n) is 15.8. The zero-order valence-electron chi connectivity index (χ0n) is 24.6. The number of aliphatic hydroxyl groups excluding tert-OH is 1. The molecule has 7 rings (SSSR count). The molecule has 0 aromatic heterocycles. The van der Waals surface area contributed by atoms with Crippen LogP contribution in [-0.4, -0.2) is 44.6 Å². The Balaban J connectivity index is 1.18. The lowest BCUT2D eigenvalue weighted by molar-refractivity contribution is -0.150. The molecule has 0 heterocycles. The van der Waals surface area contributed by atoms with Crippen molar-refractivity contribution in [3.63, 3.8) is 0 Å². The maximum Gasteiger partial charge on any atom is 0.338 e. The Labute approximate surface area is 248 Å². The van der Waals surface area contributed by atoms with Crippen LogP contribution in [0.3, 0.4) is 0 Å². The van der Waals surface area contributed by atoms with E-state index in [9.17, 15) is 24.9 Å². The number of aliphatic carboxylic acids is 1. The van der Waals surface area contributed by atoms with Crippen molar-refractivity contribution in [3.8, 4) is 11.1 Å². The van der Waals surface area contributed by atoms with Gasteiger partial charge in [0.1, 0.15) is 0 Å². The van der Waals surface area contributed by atoms with Crippen molar-refractivity contribution in [1.29, 1.82) is 0 Å². The molecule has 224 valence electrons. The predicted octanol–water partition coefficient (Wildman–Crippen LogP) is 6.80. The normalized spacial score (nSPS) is 34.9.